The summed E-state index contributed by atoms with van der Waals surface area (Å²) in [4.78, 5) is 12.2. The van der Waals surface area contributed by atoms with Gasteiger partial charge in [-0.25, -0.2) is 4.79 Å². The summed E-state index contributed by atoms with van der Waals surface area (Å²) in [6.07, 6.45) is -15.1. The molecule has 2 fully saturated rings. The number of ether oxygens (including phenoxy) is 5. The first kappa shape index (κ1) is 33.0. The lowest BCUT2D eigenvalue weighted by Crippen LogP contribution is -2.60. The van der Waals surface area contributed by atoms with E-state index >= 15 is 0 Å². The van der Waals surface area contributed by atoms with Gasteiger partial charge in [0.25, 0.3) is 0 Å². The first-order chi connectivity index (χ1) is 22.5. The smallest absolute Gasteiger partial charge is 0.335 e. The van der Waals surface area contributed by atoms with Crippen molar-refractivity contribution in [3.8, 4) is 23.0 Å². The van der Waals surface area contributed by atoms with Crippen LogP contribution in [0.15, 0.2) is 60.7 Å². The first-order valence-electron chi connectivity index (χ1n) is 14.7. The van der Waals surface area contributed by atoms with Crippen LogP contribution >= 0.6 is 0 Å². The third-order valence-corrected chi connectivity index (χ3v) is 8.52. The van der Waals surface area contributed by atoms with Gasteiger partial charge in [-0.05, 0) is 23.8 Å². The summed E-state index contributed by atoms with van der Waals surface area (Å²) in [7, 11) is 0. The predicted molar refractivity (Wildman–Crippen MR) is 156 cm³/mol. The lowest BCUT2D eigenvalue weighted by atomic mass is 9.80. The van der Waals surface area contributed by atoms with Crippen LogP contribution < -0.4 is 14.2 Å². The molecule has 3 aliphatic rings. The third-order valence-electron chi connectivity index (χ3n) is 8.52. The molecule has 3 aliphatic heterocycles. The van der Waals surface area contributed by atoms with E-state index in [2.05, 4.69) is 0 Å². The van der Waals surface area contributed by atoms with Crippen molar-refractivity contribution >= 4 is 5.97 Å². The minimum Gasteiger partial charge on any atom is -0.478 e. The van der Waals surface area contributed by atoms with Gasteiger partial charge in [0.1, 0.15) is 71.8 Å². The second kappa shape index (κ2) is 13.3. The van der Waals surface area contributed by atoms with Gasteiger partial charge in [0.15, 0.2) is 0 Å². The summed E-state index contributed by atoms with van der Waals surface area (Å²) in [6.45, 7) is -1.29. The fourth-order valence-corrected chi connectivity index (χ4v) is 5.99. The van der Waals surface area contributed by atoms with E-state index in [1.807, 2.05) is 0 Å². The topological polar surface area (TPSA) is 245 Å². The van der Waals surface area contributed by atoms with Crippen molar-refractivity contribution in [3.63, 3.8) is 0 Å². The van der Waals surface area contributed by atoms with E-state index < -0.39 is 86.5 Å². The molecule has 3 aromatic rings. The molecule has 0 saturated carbocycles. The second-order valence-corrected chi connectivity index (χ2v) is 11.5. The highest BCUT2D eigenvalue weighted by atomic mass is 16.7. The fraction of sp³-hybridized carbons (Fsp3) is 0.406. The van der Waals surface area contributed by atoms with Gasteiger partial charge in [0, 0.05) is 29.2 Å². The summed E-state index contributed by atoms with van der Waals surface area (Å²) in [5.41, 5.74) is 1.58. The molecule has 15 nitrogen and oxygen atoms in total. The zero-order chi connectivity index (χ0) is 33.6. The average molecular weight is 659 g/mol. The van der Waals surface area contributed by atoms with Gasteiger partial charge in [-0.3, -0.25) is 0 Å². The molecule has 47 heavy (non-hydrogen) atoms. The molecule has 9 N–H and O–H groups in total. The quantitative estimate of drug-likeness (QED) is 0.111. The van der Waals surface area contributed by atoms with E-state index in [9.17, 15) is 50.8 Å². The second-order valence-electron chi connectivity index (χ2n) is 11.5. The monoisotopic (exact) mass is 658 g/mol. The van der Waals surface area contributed by atoms with E-state index in [0.717, 1.165) is 0 Å². The van der Waals surface area contributed by atoms with Crippen molar-refractivity contribution in [1.82, 2.24) is 0 Å². The molecule has 0 bridgehead atoms. The number of carbonyl (C=O) groups is 1. The van der Waals surface area contributed by atoms with E-state index in [1.165, 1.54) is 30.3 Å². The Hall–Kier alpha value is -3.87. The van der Waals surface area contributed by atoms with E-state index in [-0.39, 0.29) is 28.6 Å². The van der Waals surface area contributed by atoms with Crippen molar-refractivity contribution in [1.29, 1.82) is 0 Å². The largest absolute Gasteiger partial charge is 0.478 e. The highest BCUT2D eigenvalue weighted by Crippen LogP contribution is 2.50. The summed E-state index contributed by atoms with van der Waals surface area (Å²) in [5.74, 6) is -1.18. The summed E-state index contributed by atoms with van der Waals surface area (Å²) < 4.78 is 28.7. The Balaban J connectivity index is 1.36. The van der Waals surface area contributed by atoms with Gasteiger partial charge in [-0.1, -0.05) is 30.3 Å². The third kappa shape index (κ3) is 6.14. The molecule has 3 heterocycles. The predicted octanol–water partition coefficient (Wildman–Crippen LogP) is -0.972. The van der Waals surface area contributed by atoms with Gasteiger partial charge in [-0.15, -0.1) is 0 Å². The molecule has 0 aliphatic carbocycles. The Morgan fingerprint density at radius 2 is 1.09 bits per heavy atom. The van der Waals surface area contributed by atoms with Gasteiger partial charge in [0.2, 0.25) is 12.6 Å². The molecule has 3 aromatic carbocycles. The van der Waals surface area contributed by atoms with Crippen LogP contribution in [-0.2, 0) is 9.47 Å². The maximum atomic E-state index is 12.2. The Bertz CT molecular complexity index is 1510. The van der Waals surface area contributed by atoms with E-state index in [0.29, 0.717) is 16.7 Å². The zero-order valence-electron chi connectivity index (χ0n) is 24.5. The highest BCUT2D eigenvalue weighted by Gasteiger charge is 2.46. The molecule has 0 spiro atoms. The number of rotatable bonds is 8. The molecule has 0 amide bonds. The molecule has 6 rings (SSSR count). The SMILES string of the molecule is O=C(O)c1ccccc1C1c2ccc(O[C@@H]3O[C@H](CO)[C@H](O)[C@H](O)[C@H]3O)cc2Oc2cc(O[C@@H]3O[C@H](CO)[C@H](O)[C@H](O)[C@H]3O)ccc21. The number of fused-ring (bicyclic) bond motifs is 2. The zero-order valence-corrected chi connectivity index (χ0v) is 24.5. The Kier molecular flexibility index (Phi) is 9.37. The number of benzene rings is 3. The van der Waals surface area contributed by atoms with Crippen LogP contribution in [0.2, 0.25) is 0 Å². The van der Waals surface area contributed by atoms with Gasteiger partial charge < -0.3 is 69.6 Å². The molecular formula is C32H34O15. The Morgan fingerprint density at radius 1 is 0.617 bits per heavy atom. The van der Waals surface area contributed by atoms with E-state index in [4.69, 9.17) is 23.7 Å². The van der Waals surface area contributed by atoms with Crippen LogP contribution in [0, 0.1) is 0 Å². The molecule has 0 unspecified atom stereocenters. The number of carboxylic acids is 1. The maximum Gasteiger partial charge on any atom is 0.335 e. The summed E-state index contributed by atoms with van der Waals surface area (Å²) in [5, 5.41) is 90.5. The van der Waals surface area contributed by atoms with Crippen LogP contribution in [0.1, 0.15) is 33.0 Å². The van der Waals surface area contributed by atoms with Crippen molar-refractivity contribution in [2.24, 2.45) is 0 Å². The van der Waals surface area contributed by atoms with Crippen molar-refractivity contribution in [2.45, 2.75) is 67.3 Å². The molecule has 10 atom stereocenters. The van der Waals surface area contributed by atoms with Crippen LogP contribution in [0.5, 0.6) is 23.0 Å². The normalized spacial score (nSPS) is 32.1. The number of hydrogen-bond acceptors (Lipinski definition) is 14. The molecule has 0 aromatic heterocycles. The van der Waals surface area contributed by atoms with Gasteiger partial charge in [-0.2, -0.15) is 0 Å². The van der Waals surface area contributed by atoms with Crippen LogP contribution in [0.3, 0.4) is 0 Å². The van der Waals surface area contributed by atoms with Gasteiger partial charge >= 0.3 is 5.97 Å². The maximum absolute atomic E-state index is 12.2. The van der Waals surface area contributed by atoms with Crippen LogP contribution in [0.4, 0.5) is 0 Å². The van der Waals surface area contributed by atoms with Gasteiger partial charge in [0.05, 0.1) is 18.8 Å². The molecular weight excluding hydrogens is 624 g/mol. The minimum atomic E-state index is -1.66. The summed E-state index contributed by atoms with van der Waals surface area (Å²) in [6, 6.07) is 15.7. The number of aliphatic hydroxyl groups is 8. The number of carboxylic acid groups (broad SMARTS) is 1. The van der Waals surface area contributed by atoms with Crippen LogP contribution in [-0.4, -0.2) is 127 Å². The number of aliphatic hydroxyl groups excluding tert-OH is 8. The van der Waals surface area contributed by atoms with Crippen molar-refractivity contribution in [2.75, 3.05) is 13.2 Å². The van der Waals surface area contributed by atoms with E-state index in [1.54, 1.807) is 30.3 Å². The molecule has 15 heteroatoms. The molecule has 0 radical (unpaired) electrons. The van der Waals surface area contributed by atoms with Crippen molar-refractivity contribution < 1.29 is 74.4 Å². The van der Waals surface area contributed by atoms with Crippen LogP contribution in [0.25, 0.3) is 0 Å². The lowest BCUT2D eigenvalue weighted by Gasteiger charge is -2.39. The minimum absolute atomic E-state index is 0.0413. The molecule has 2 saturated heterocycles. The lowest BCUT2D eigenvalue weighted by molar-refractivity contribution is -0.277. The average Bonchev–Trinajstić information content (AvgIpc) is 3.07. The first-order valence-corrected chi connectivity index (χ1v) is 14.7. The number of aromatic carboxylic acids is 1. The highest BCUT2D eigenvalue weighted by molar-refractivity contribution is 5.90. The Morgan fingerprint density at radius 3 is 1.53 bits per heavy atom. The Labute approximate surface area is 267 Å². The number of hydrogen-bond donors (Lipinski definition) is 9. The fourth-order valence-electron chi connectivity index (χ4n) is 5.99. The molecule has 252 valence electrons. The summed E-state index contributed by atoms with van der Waals surface area (Å²) >= 11 is 0. The standard InChI is InChI=1S/C32H34O15/c33-11-21-24(35)26(37)28(39)31(46-21)43-13-5-7-17-19(9-13)45-20-10-14(44-32-29(40)27(38)25(36)22(12-34)47-32)6-8-18(20)23(17)15-3-1-2-4-16(15)30(41)42/h1-10,21-29,31-40H,11-12H2,(H,41,42)/t21-,22-,24+,25+,26+,27+,28-,29-,31-,32-/m1/s1. The van der Waals surface area contributed by atoms with Crippen molar-refractivity contribution in [3.05, 3.63) is 82.9 Å².